The molecule has 256 valence electrons. The molecule has 0 unspecified atom stereocenters. The number of nitrogens with one attached hydrogen (secondary N) is 2. The van der Waals surface area contributed by atoms with Crippen molar-refractivity contribution < 1.29 is 34.1 Å². The van der Waals surface area contributed by atoms with Crippen LogP contribution in [0.3, 0.4) is 0 Å². The lowest BCUT2D eigenvalue weighted by molar-refractivity contribution is -0.268. The molecule has 4 aromatic rings. The van der Waals surface area contributed by atoms with E-state index in [0.717, 1.165) is 44.0 Å². The number of hydrogen-bond donors (Lipinski definition) is 4. The van der Waals surface area contributed by atoms with Crippen molar-refractivity contribution in [1.82, 2.24) is 5.32 Å². The number of aliphatic carboxylic acids is 1. The molecule has 4 aromatic carbocycles. The molecule has 2 amide bonds. The van der Waals surface area contributed by atoms with Gasteiger partial charge in [0, 0.05) is 54.1 Å². The van der Waals surface area contributed by atoms with Crippen LogP contribution in [0.4, 0.5) is 5.69 Å². The van der Waals surface area contributed by atoms with E-state index < -0.39 is 12.3 Å². The molecule has 0 saturated carbocycles. The molecule has 1 heterocycles. The molecule has 1 aliphatic rings. The zero-order valence-electron chi connectivity index (χ0n) is 27.6. The number of anilines is 1. The van der Waals surface area contributed by atoms with Crippen LogP contribution in [0, 0.1) is 5.92 Å². The monoisotopic (exact) mass is 682 g/mol. The van der Waals surface area contributed by atoms with E-state index in [1.165, 1.54) is 6.92 Å². The molecular weight excluding hydrogens is 641 g/mol. The Bertz CT molecular complexity index is 1710. The number of carbonyl (C=O) groups is 3. The highest BCUT2D eigenvalue weighted by molar-refractivity contribution is 7.99. The van der Waals surface area contributed by atoms with Gasteiger partial charge in [0.05, 0.1) is 18.8 Å². The van der Waals surface area contributed by atoms with Crippen LogP contribution in [0.25, 0.3) is 11.1 Å². The van der Waals surface area contributed by atoms with Gasteiger partial charge in [-0.05, 0) is 58.5 Å². The first-order valence-electron chi connectivity index (χ1n) is 16.4. The van der Waals surface area contributed by atoms with Gasteiger partial charge in [0.2, 0.25) is 11.8 Å². The van der Waals surface area contributed by atoms with Crippen LogP contribution in [0.15, 0.2) is 102 Å². The first-order chi connectivity index (χ1) is 23.7. The number of hydrogen-bond acceptors (Lipinski definition) is 7. The van der Waals surface area contributed by atoms with E-state index in [2.05, 4.69) is 17.6 Å². The summed E-state index contributed by atoms with van der Waals surface area (Å²) in [5, 5.41) is 24.1. The minimum atomic E-state index is -0.909. The Labute approximate surface area is 291 Å². The van der Waals surface area contributed by atoms with Crippen LogP contribution in [0.5, 0.6) is 0 Å². The molecule has 9 nitrogen and oxygen atoms in total. The molecule has 49 heavy (non-hydrogen) atoms. The molecule has 4 N–H and O–H groups in total. The molecule has 10 heteroatoms. The fourth-order valence-corrected chi connectivity index (χ4v) is 6.85. The van der Waals surface area contributed by atoms with Gasteiger partial charge < -0.3 is 30.3 Å². The van der Waals surface area contributed by atoms with E-state index in [1.807, 2.05) is 97.1 Å². The summed E-state index contributed by atoms with van der Waals surface area (Å²) in [4.78, 5) is 35.5. The van der Waals surface area contributed by atoms with Crippen LogP contribution in [-0.2, 0) is 37.0 Å². The van der Waals surface area contributed by atoms with Gasteiger partial charge in [0.15, 0.2) is 6.29 Å². The van der Waals surface area contributed by atoms with E-state index >= 15 is 0 Å². The standard InChI is InChI=1S/C39H42N2O7S/c1-25-35(24-49-33-20-18-32(19-21-33)41-26(2)43)47-39(48-38(25)29-12-10-27(23-42)11-13-29)30-16-14-28(15-17-30)34-7-4-3-6-31(34)22-40-36(44)8-5-9-37(45)46/h3-4,6-7,10-21,25,35,38-39,42H,5,8-9,22-24H2,1-2H3,(H,40,44)(H,41,43)(H,45,46)/t25-,35+,38+,39+/m1/s1. The molecule has 0 bridgehead atoms. The zero-order valence-corrected chi connectivity index (χ0v) is 28.5. The van der Waals surface area contributed by atoms with Crippen molar-refractivity contribution in [2.24, 2.45) is 5.92 Å². The number of carboxylic acid groups (broad SMARTS) is 1. The topological polar surface area (TPSA) is 134 Å². The number of aliphatic hydroxyl groups is 1. The molecule has 0 radical (unpaired) electrons. The molecule has 4 atom stereocenters. The summed E-state index contributed by atoms with van der Waals surface area (Å²) in [6.45, 7) is 3.93. The summed E-state index contributed by atoms with van der Waals surface area (Å²) < 4.78 is 13.3. The van der Waals surface area contributed by atoms with E-state index in [1.54, 1.807) is 11.8 Å². The largest absolute Gasteiger partial charge is 0.481 e. The Morgan fingerprint density at radius 1 is 0.837 bits per heavy atom. The highest BCUT2D eigenvalue weighted by atomic mass is 32.2. The maximum Gasteiger partial charge on any atom is 0.303 e. The Morgan fingerprint density at radius 3 is 2.20 bits per heavy atom. The summed E-state index contributed by atoms with van der Waals surface area (Å²) in [5.74, 6) is -0.468. The van der Waals surface area contributed by atoms with Crippen LogP contribution in [0.2, 0.25) is 0 Å². The summed E-state index contributed by atoms with van der Waals surface area (Å²) >= 11 is 1.69. The first-order valence-corrected chi connectivity index (χ1v) is 17.4. The van der Waals surface area contributed by atoms with E-state index in [9.17, 15) is 19.5 Å². The third-order valence-electron chi connectivity index (χ3n) is 8.49. The Morgan fingerprint density at radius 2 is 1.53 bits per heavy atom. The maximum atomic E-state index is 12.3. The quantitative estimate of drug-likeness (QED) is 0.102. The van der Waals surface area contributed by atoms with Gasteiger partial charge in [0.25, 0.3) is 0 Å². The van der Waals surface area contributed by atoms with E-state index in [4.69, 9.17) is 14.6 Å². The predicted molar refractivity (Wildman–Crippen MR) is 190 cm³/mol. The minimum Gasteiger partial charge on any atom is -0.481 e. The van der Waals surface area contributed by atoms with Crippen LogP contribution in [0.1, 0.15) is 67.8 Å². The SMILES string of the molecule is CC(=O)Nc1ccc(SC[C@@H]2O[C@H](c3ccc(-c4ccccc4CNC(=O)CCCC(=O)O)cc3)O[C@H](c3ccc(CO)cc3)[C@@H]2C)cc1. The van der Waals surface area contributed by atoms with Crippen LogP contribution >= 0.6 is 11.8 Å². The second-order valence-electron chi connectivity index (χ2n) is 12.1. The molecule has 1 aliphatic heterocycles. The molecular formula is C39H42N2O7S. The summed E-state index contributed by atoms with van der Waals surface area (Å²) in [7, 11) is 0. The maximum absolute atomic E-state index is 12.3. The van der Waals surface area contributed by atoms with Crippen molar-refractivity contribution in [3.05, 3.63) is 119 Å². The number of benzene rings is 4. The lowest BCUT2D eigenvalue weighted by Crippen LogP contribution is -2.38. The van der Waals surface area contributed by atoms with E-state index in [-0.39, 0.29) is 49.4 Å². The minimum absolute atomic E-state index is 0.0261. The number of rotatable bonds is 14. The van der Waals surface area contributed by atoms with Crippen molar-refractivity contribution in [2.75, 3.05) is 11.1 Å². The second kappa shape index (κ2) is 17.3. The lowest BCUT2D eigenvalue weighted by atomic mass is 9.91. The summed E-state index contributed by atoms with van der Waals surface area (Å²) in [6, 6.07) is 31.5. The number of aliphatic hydroxyl groups excluding tert-OH is 1. The van der Waals surface area contributed by atoms with Gasteiger partial charge in [-0.2, -0.15) is 0 Å². The van der Waals surface area contributed by atoms with Crippen LogP contribution in [-0.4, -0.2) is 39.9 Å². The van der Waals surface area contributed by atoms with Crippen molar-refractivity contribution in [3.63, 3.8) is 0 Å². The zero-order chi connectivity index (χ0) is 34.8. The van der Waals surface area contributed by atoms with Crippen LogP contribution < -0.4 is 10.6 Å². The van der Waals surface area contributed by atoms with Gasteiger partial charge in [-0.15, -0.1) is 11.8 Å². The highest BCUT2D eigenvalue weighted by Crippen LogP contribution is 2.43. The Balaban J connectivity index is 1.31. The number of ether oxygens (including phenoxy) is 2. The average Bonchev–Trinajstić information content (AvgIpc) is 3.11. The fraction of sp³-hybridized carbons (Fsp3) is 0.308. The molecule has 0 spiro atoms. The van der Waals surface area contributed by atoms with Gasteiger partial charge >= 0.3 is 5.97 Å². The van der Waals surface area contributed by atoms with Crippen molar-refractivity contribution in [3.8, 4) is 11.1 Å². The van der Waals surface area contributed by atoms with Crippen molar-refractivity contribution >= 4 is 35.2 Å². The highest BCUT2D eigenvalue weighted by Gasteiger charge is 2.38. The smallest absolute Gasteiger partial charge is 0.303 e. The summed E-state index contributed by atoms with van der Waals surface area (Å²) in [6.07, 6.45) is -0.550. The third-order valence-corrected chi connectivity index (χ3v) is 9.59. The molecule has 1 saturated heterocycles. The first kappa shape index (κ1) is 35.8. The lowest BCUT2D eigenvalue weighted by Gasteiger charge is -2.41. The molecule has 0 aliphatic carbocycles. The fourth-order valence-electron chi connectivity index (χ4n) is 5.78. The molecule has 5 rings (SSSR count). The number of carboxylic acids is 1. The number of carbonyl (C=O) groups excluding carboxylic acids is 2. The van der Waals surface area contributed by atoms with E-state index in [0.29, 0.717) is 18.7 Å². The van der Waals surface area contributed by atoms with Gasteiger partial charge in [-0.1, -0.05) is 79.7 Å². The molecule has 1 fully saturated rings. The Kier molecular flexibility index (Phi) is 12.6. The Hall–Kier alpha value is -4.48. The van der Waals surface area contributed by atoms with Gasteiger partial charge in [0.1, 0.15) is 0 Å². The van der Waals surface area contributed by atoms with Crippen molar-refractivity contribution in [1.29, 1.82) is 0 Å². The third kappa shape index (κ3) is 10.0. The average molecular weight is 683 g/mol. The van der Waals surface area contributed by atoms with Gasteiger partial charge in [-0.3, -0.25) is 14.4 Å². The predicted octanol–water partition coefficient (Wildman–Crippen LogP) is 7.26. The molecule has 0 aromatic heterocycles. The number of thioether (sulfide) groups is 1. The second-order valence-corrected chi connectivity index (χ2v) is 13.2. The number of amides is 2. The normalized spacial score (nSPS) is 18.8. The summed E-state index contributed by atoms with van der Waals surface area (Å²) in [5.41, 5.74) is 6.41. The van der Waals surface area contributed by atoms with Crippen molar-refractivity contribution in [2.45, 2.75) is 69.7 Å². The van der Waals surface area contributed by atoms with Gasteiger partial charge in [-0.25, -0.2) is 0 Å².